The Kier molecular flexibility index (Phi) is 5.02. The first-order valence-electron chi connectivity index (χ1n) is 6.25. The van der Waals surface area contributed by atoms with Crippen LogP contribution in [-0.4, -0.2) is 11.5 Å². The highest BCUT2D eigenvalue weighted by Gasteiger charge is 2.31. The fraction of sp³-hybridized carbons (Fsp3) is 0.500. The first-order valence-corrected chi connectivity index (χ1v) is 6.66. The zero-order chi connectivity index (χ0) is 15.6. The summed E-state index contributed by atoms with van der Waals surface area (Å²) in [5.74, 6) is 0. The third-order valence-corrected chi connectivity index (χ3v) is 3.02. The third kappa shape index (κ3) is 5.00. The van der Waals surface area contributed by atoms with Gasteiger partial charge in [0.15, 0.2) is 0 Å². The first kappa shape index (κ1) is 16.8. The average molecular weight is 304 g/mol. The van der Waals surface area contributed by atoms with Crippen molar-refractivity contribution >= 4 is 22.9 Å². The van der Waals surface area contributed by atoms with Gasteiger partial charge in [0.05, 0.1) is 5.56 Å². The summed E-state index contributed by atoms with van der Waals surface area (Å²) in [4.78, 5) is -0.0469. The standard InChI is InChI=1S/C14H19F3N2S/c1-13(2,3)6-7-19-11-5-4-9(14(15,16)17)8-10(11)12(18)20/h4-5,8,19H,6-7H2,1-3H3,(H2,18,20). The molecule has 0 unspecified atom stereocenters. The SMILES string of the molecule is CC(C)(C)CCNc1ccc(C(F)(F)F)cc1C(N)=S. The van der Waals surface area contributed by atoms with Gasteiger partial charge in [0.1, 0.15) is 4.99 Å². The molecule has 112 valence electrons. The van der Waals surface area contributed by atoms with E-state index in [1.165, 1.54) is 6.07 Å². The van der Waals surface area contributed by atoms with E-state index in [0.717, 1.165) is 18.6 Å². The third-order valence-electron chi connectivity index (χ3n) is 2.80. The molecule has 0 aliphatic heterocycles. The number of anilines is 1. The van der Waals surface area contributed by atoms with E-state index in [1.54, 1.807) is 0 Å². The summed E-state index contributed by atoms with van der Waals surface area (Å²) >= 11 is 4.83. The number of hydrogen-bond acceptors (Lipinski definition) is 2. The first-order chi connectivity index (χ1) is 9.00. The zero-order valence-corrected chi connectivity index (χ0v) is 12.6. The number of halogens is 3. The number of rotatable bonds is 4. The summed E-state index contributed by atoms with van der Waals surface area (Å²) in [5.41, 5.74) is 5.66. The van der Waals surface area contributed by atoms with Crippen molar-refractivity contribution in [2.24, 2.45) is 11.1 Å². The lowest BCUT2D eigenvalue weighted by Crippen LogP contribution is -2.18. The fourth-order valence-electron chi connectivity index (χ4n) is 1.65. The predicted octanol–water partition coefficient (Wildman–Crippen LogP) is 4.19. The molecular weight excluding hydrogens is 285 g/mol. The Hall–Kier alpha value is -1.30. The van der Waals surface area contributed by atoms with E-state index in [4.69, 9.17) is 18.0 Å². The Balaban J connectivity index is 2.94. The molecule has 2 nitrogen and oxygen atoms in total. The predicted molar refractivity (Wildman–Crippen MR) is 79.9 cm³/mol. The van der Waals surface area contributed by atoms with Crippen LogP contribution in [0.1, 0.15) is 38.3 Å². The molecule has 1 rings (SSSR count). The van der Waals surface area contributed by atoms with Crippen LogP contribution in [0.3, 0.4) is 0 Å². The average Bonchev–Trinajstić information content (AvgIpc) is 2.25. The highest BCUT2D eigenvalue weighted by molar-refractivity contribution is 7.80. The lowest BCUT2D eigenvalue weighted by atomic mass is 9.92. The van der Waals surface area contributed by atoms with Gasteiger partial charge in [-0.1, -0.05) is 33.0 Å². The molecule has 0 fully saturated rings. The van der Waals surface area contributed by atoms with Crippen LogP contribution in [0.2, 0.25) is 0 Å². The lowest BCUT2D eigenvalue weighted by Gasteiger charge is -2.20. The second kappa shape index (κ2) is 5.99. The van der Waals surface area contributed by atoms with Gasteiger partial charge in [-0.25, -0.2) is 0 Å². The van der Waals surface area contributed by atoms with Crippen molar-refractivity contribution < 1.29 is 13.2 Å². The molecular formula is C14H19F3N2S. The van der Waals surface area contributed by atoms with Crippen molar-refractivity contribution in [1.29, 1.82) is 0 Å². The molecule has 1 aromatic rings. The smallest absolute Gasteiger partial charge is 0.389 e. The van der Waals surface area contributed by atoms with Crippen LogP contribution in [0.15, 0.2) is 18.2 Å². The zero-order valence-electron chi connectivity index (χ0n) is 11.8. The minimum absolute atomic E-state index is 0.0469. The second-order valence-corrected chi connectivity index (χ2v) is 6.30. The molecule has 20 heavy (non-hydrogen) atoms. The van der Waals surface area contributed by atoms with E-state index >= 15 is 0 Å². The molecule has 0 aliphatic rings. The van der Waals surface area contributed by atoms with Crippen molar-refractivity contribution in [2.75, 3.05) is 11.9 Å². The minimum atomic E-state index is -4.40. The van der Waals surface area contributed by atoms with Gasteiger partial charge in [0, 0.05) is 17.8 Å². The number of nitrogens with one attached hydrogen (secondary N) is 1. The van der Waals surface area contributed by atoms with Gasteiger partial charge in [-0.15, -0.1) is 0 Å². The van der Waals surface area contributed by atoms with Crippen LogP contribution < -0.4 is 11.1 Å². The van der Waals surface area contributed by atoms with E-state index in [2.05, 4.69) is 26.1 Å². The van der Waals surface area contributed by atoms with Crippen LogP contribution in [0.4, 0.5) is 18.9 Å². The molecule has 1 aromatic carbocycles. The summed E-state index contributed by atoms with van der Waals surface area (Å²) in [7, 11) is 0. The normalized spacial score (nSPS) is 12.3. The number of benzene rings is 1. The van der Waals surface area contributed by atoms with Crippen LogP contribution in [0, 0.1) is 5.41 Å². The quantitative estimate of drug-likeness (QED) is 0.819. The minimum Gasteiger partial charge on any atom is -0.389 e. The summed E-state index contributed by atoms with van der Waals surface area (Å²) in [6, 6.07) is 3.39. The second-order valence-electron chi connectivity index (χ2n) is 5.86. The number of nitrogens with two attached hydrogens (primary N) is 1. The summed E-state index contributed by atoms with van der Waals surface area (Å²) in [6.45, 7) is 6.92. The van der Waals surface area contributed by atoms with Gasteiger partial charge in [-0.3, -0.25) is 0 Å². The van der Waals surface area contributed by atoms with E-state index < -0.39 is 11.7 Å². The Morgan fingerprint density at radius 3 is 2.30 bits per heavy atom. The number of hydrogen-bond donors (Lipinski definition) is 2. The van der Waals surface area contributed by atoms with Crippen molar-refractivity contribution in [3.05, 3.63) is 29.3 Å². The van der Waals surface area contributed by atoms with E-state index in [9.17, 15) is 13.2 Å². The topological polar surface area (TPSA) is 38.0 Å². The van der Waals surface area contributed by atoms with Crippen LogP contribution in [0.25, 0.3) is 0 Å². The van der Waals surface area contributed by atoms with Gasteiger partial charge in [0.2, 0.25) is 0 Å². The molecule has 0 spiro atoms. The molecule has 0 heterocycles. The van der Waals surface area contributed by atoms with Crippen molar-refractivity contribution in [2.45, 2.75) is 33.4 Å². The lowest BCUT2D eigenvalue weighted by molar-refractivity contribution is -0.137. The fourth-order valence-corrected chi connectivity index (χ4v) is 1.82. The summed E-state index contributed by atoms with van der Waals surface area (Å²) in [5, 5.41) is 3.09. The Morgan fingerprint density at radius 1 is 1.25 bits per heavy atom. The molecule has 0 bridgehead atoms. The van der Waals surface area contributed by atoms with Crippen molar-refractivity contribution in [1.82, 2.24) is 0 Å². The van der Waals surface area contributed by atoms with Crippen LogP contribution in [-0.2, 0) is 6.18 Å². The molecule has 0 amide bonds. The van der Waals surface area contributed by atoms with E-state index in [-0.39, 0.29) is 16.0 Å². The van der Waals surface area contributed by atoms with Gasteiger partial charge >= 0.3 is 6.18 Å². The maximum atomic E-state index is 12.7. The monoisotopic (exact) mass is 304 g/mol. The number of alkyl halides is 3. The van der Waals surface area contributed by atoms with Gasteiger partial charge in [-0.05, 0) is 30.0 Å². The van der Waals surface area contributed by atoms with Gasteiger partial charge < -0.3 is 11.1 Å². The molecule has 6 heteroatoms. The molecule has 0 atom stereocenters. The highest BCUT2D eigenvalue weighted by atomic mass is 32.1. The molecule has 0 aliphatic carbocycles. The van der Waals surface area contributed by atoms with Gasteiger partial charge in [0.25, 0.3) is 0 Å². The molecule has 0 saturated carbocycles. The molecule has 0 radical (unpaired) electrons. The van der Waals surface area contributed by atoms with Crippen molar-refractivity contribution in [3.8, 4) is 0 Å². The van der Waals surface area contributed by atoms with Crippen LogP contribution in [0.5, 0.6) is 0 Å². The maximum Gasteiger partial charge on any atom is 0.416 e. The van der Waals surface area contributed by atoms with Gasteiger partial charge in [-0.2, -0.15) is 13.2 Å². The number of thiocarbonyl (C=S) groups is 1. The highest BCUT2D eigenvalue weighted by Crippen LogP contribution is 2.32. The molecule has 0 saturated heterocycles. The molecule has 0 aromatic heterocycles. The van der Waals surface area contributed by atoms with E-state index in [1.807, 2.05) is 0 Å². The largest absolute Gasteiger partial charge is 0.416 e. The Morgan fingerprint density at radius 2 is 1.85 bits per heavy atom. The van der Waals surface area contributed by atoms with E-state index in [0.29, 0.717) is 12.2 Å². The Bertz CT molecular complexity index is 490. The maximum absolute atomic E-state index is 12.7. The van der Waals surface area contributed by atoms with Crippen molar-refractivity contribution in [3.63, 3.8) is 0 Å². The summed E-state index contributed by atoms with van der Waals surface area (Å²) < 4.78 is 38.0. The summed E-state index contributed by atoms with van der Waals surface area (Å²) in [6.07, 6.45) is -3.52. The van der Waals surface area contributed by atoms with Crippen LogP contribution >= 0.6 is 12.2 Å². The Labute approximate surface area is 122 Å². The molecule has 3 N–H and O–H groups in total.